The molecule has 1 aromatic carbocycles. The molecule has 31 heavy (non-hydrogen) atoms. The van der Waals surface area contributed by atoms with E-state index in [0.29, 0.717) is 23.5 Å². The average Bonchev–Trinajstić information content (AvgIpc) is 3.15. The standard InChI is InChI=1S/C19H19ClF4N4O3/c1-11(18-26-10-28(27-18)12-2-3-15(20)16(21)6-12)4-5-25-17(29)9-30-13-7-14(8-13)31-19(22,23)24/h2-3,6,10,13-14H,1,4-5,7-9H2,(H,25,29)/t13-,14+. The van der Waals surface area contributed by atoms with Gasteiger partial charge in [0, 0.05) is 25.5 Å². The van der Waals surface area contributed by atoms with Crippen LogP contribution in [0.5, 0.6) is 0 Å². The lowest BCUT2D eigenvalue weighted by Gasteiger charge is -2.34. The van der Waals surface area contributed by atoms with Gasteiger partial charge in [-0.2, -0.15) is 0 Å². The van der Waals surface area contributed by atoms with E-state index in [9.17, 15) is 22.4 Å². The summed E-state index contributed by atoms with van der Waals surface area (Å²) < 4.78 is 60.2. The van der Waals surface area contributed by atoms with Crippen LogP contribution in [-0.2, 0) is 14.3 Å². The molecule has 12 heteroatoms. The molecule has 1 aliphatic carbocycles. The van der Waals surface area contributed by atoms with Crippen LogP contribution in [0.4, 0.5) is 17.6 Å². The normalized spacial score (nSPS) is 18.5. The van der Waals surface area contributed by atoms with Crippen LogP contribution in [0.2, 0.25) is 5.02 Å². The van der Waals surface area contributed by atoms with E-state index in [1.165, 1.54) is 23.1 Å². The van der Waals surface area contributed by atoms with Gasteiger partial charge in [0.1, 0.15) is 18.8 Å². The first kappa shape index (κ1) is 23.2. The Kier molecular flexibility index (Phi) is 7.29. The summed E-state index contributed by atoms with van der Waals surface area (Å²) in [5, 5.41) is 6.85. The summed E-state index contributed by atoms with van der Waals surface area (Å²) in [5.41, 5.74) is 0.998. The highest BCUT2D eigenvalue weighted by molar-refractivity contribution is 6.30. The molecule has 1 amide bonds. The number of nitrogens with one attached hydrogen (secondary N) is 1. The SMILES string of the molecule is C=C(CCNC(=O)CO[C@H]1C[C@@H](OC(F)(F)F)C1)c1ncn(-c2ccc(Cl)c(F)c2)n1. The molecule has 0 aliphatic heterocycles. The van der Waals surface area contributed by atoms with Gasteiger partial charge in [0.15, 0.2) is 5.82 Å². The molecule has 0 unspecified atom stereocenters. The van der Waals surface area contributed by atoms with Crippen LogP contribution in [0, 0.1) is 5.82 Å². The summed E-state index contributed by atoms with van der Waals surface area (Å²) in [5.74, 6) is -0.639. The van der Waals surface area contributed by atoms with Crippen LogP contribution < -0.4 is 5.32 Å². The number of benzene rings is 1. The van der Waals surface area contributed by atoms with Crippen molar-refractivity contribution in [1.82, 2.24) is 20.1 Å². The Balaban J connectivity index is 1.35. The molecule has 3 rings (SSSR count). The number of nitrogens with zero attached hydrogens (tertiary/aromatic N) is 3. The van der Waals surface area contributed by atoms with E-state index < -0.39 is 30.3 Å². The summed E-state index contributed by atoms with van der Waals surface area (Å²) in [6.45, 7) is 3.86. The number of aromatic nitrogens is 3. The minimum Gasteiger partial charge on any atom is -0.368 e. The molecule has 168 valence electrons. The van der Waals surface area contributed by atoms with Gasteiger partial charge in [0.25, 0.3) is 0 Å². The third-order valence-corrected chi connectivity index (χ3v) is 4.83. The molecule has 0 saturated heterocycles. The zero-order valence-corrected chi connectivity index (χ0v) is 16.9. The highest BCUT2D eigenvalue weighted by Crippen LogP contribution is 2.32. The van der Waals surface area contributed by atoms with Crippen LogP contribution in [-0.4, -0.2) is 52.4 Å². The minimum absolute atomic E-state index is 0.0000127. The summed E-state index contributed by atoms with van der Waals surface area (Å²) in [4.78, 5) is 15.9. The van der Waals surface area contributed by atoms with Gasteiger partial charge in [-0.25, -0.2) is 14.1 Å². The number of alkyl halides is 3. The van der Waals surface area contributed by atoms with Crippen molar-refractivity contribution < 1.29 is 31.8 Å². The Morgan fingerprint density at radius 2 is 2.06 bits per heavy atom. The van der Waals surface area contributed by atoms with Crippen molar-refractivity contribution in [1.29, 1.82) is 0 Å². The molecule has 1 aromatic heterocycles. The van der Waals surface area contributed by atoms with Gasteiger partial charge in [0.05, 0.1) is 22.9 Å². The number of hydrogen-bond donors (Lipinski definition) is 1. The van der Waals surface area contributed by atoms with Crippen LogP contribution in [0.25, 0.3) is 11.3 Å². The maximum Gasteiger partial charge on any atom is 0.522 e. The molecule has 2 aromatic rings. The maximum atomic E-state index is 13.6. The number of carbonyl (C=O) groups is 1. The lowest BCUT2D eigenvalue weighted by Crippen LogP contribution is -2.42. The Bertz CT molecular complexity index is 944. The van der Waals surface area contributed by atoms with E-state index in [1.807, 2.05) is 0 Å². The molecular formula is C19H19ClF4N4O3. The number of hydrogen-bond acceptors (Lipinski definition) is 5. The van der Waals surface area contributed by atoms with Gasteiger partial charge in [0.2, 0.25) is 5.91 Å². The number of carbonyl (C=O) groups excluding carboxylic acids is 1. The van der Waals surface area contributed by atoms with Crippen LogP contribution in [0.3, 0.4) is 0 Å². The van der Waals surface area contributed by atoms with Crippen molar-refractivity contribution in [3.63, 3.8) is 0 Å². The molecular weight excluding hydrogens is 444 g/mol. The van der Waals surface area contributed by atoms with Gasteiger partial charge < -0.3 is 10.1 Å². The number of rotatable bonds is 9. The monoisotopic (exact) mass is 462 g/mol. The summed E-state index contributed by atoms with van der Waals surface area (Å²) >= 11 is 5.66. The average molecular weight is 463 g/mol. The number of halogens is 5. The number of ether oxygens (including phenoxy) is 2. The van der Waals surface area contributed by atoms with Crippen molar-refractivity contribution in [3.05, 3.63) is 47.8 Å². The zero-order valence-electron chi connectivity index (χ0n) is 16.2. The lowest BCUT2D eigenvalue weighted by atomic mass is 9.92. The maximum absolute atomic E-state index is 13.6. The van der Waals surface area contributed by atoms with E-state index in [2.05, 4.69) is 26.7 Å². The predicted octanol–water partition coefficient (Wildman–Crippen LogP) is 3.66. The Morgan fingerprint density at radius 3 is 2.74 bits per heavy atom. The van der Waals surface area contributed by atoms with Gasteiger partial charge in [-0.1, -0.05) is 18.2 Å². The molecule has 1 saturated carbocycles. The minimum atomic E-state index is -4.66. The van der Waals surface area contributed by atoms with E-state index in [0.717, 1.165) is 0 Å². The summed E-state index contributed by atoms with van der Waals surface area (Å²) in [6.07, 6.45) is -4.07. The van der Waals surface area contributed by atoms with E-state index >= 15 is 0 Å². The van der Waals surface area contributed by atoms with Crippen LogP contribution in [0.1, 0.15) is 25.1 Å². The second kappa shape index (κ2) is 9.75. The molecule has 1 fully saturated rings. The fourth-order valence-electron chi connectivity index (χ4n) is 2.82. The van der Waals surface area contributed by atoms with Crippen LogP contribution >= 0.6 is 11.6 Å². The van der Waals surface area contributed by atoms with E-state index in [1.54, 1.807) is 6.07 Å². The molecule has 0 spiro atoms. The fourth-order valence-corrected chi connectivity index (χ4v) is 2.94. The smallest absolute Gasteiger partial charge is 0.368 e. The van der Waals surface area contributed by atoms with Crippen molar-refractivity contribution >= 4 is 23.1 Å². The third-order valence-electron chi connectivity index (χ3n) is 4.53. The largest absolute Gasteiger partial charge is 0.522 e. The third kappa shape index (κ3) is 6.74. The number of amides is 1. The summed E-state index contributed by atoms with van der Waals surface area (Å²) in [6, 6.07) is 4.23. The van der Waals surface area contributed by atoms with Crippen molar-refractivity contribution in [3.8, 4) is 5.69 Å². The Morgan fingerprint density at radius 1 is 1.32 bits per heavy atom. The van der Waals surface area contributed by atoms with E-state index in [4.69, 9.17) is 16.3 Å². The highest BCUT2D eigenvalue weighted by atomic mass is 35.5. The molecule has 0 bridgehead atoms. The Hall–Kier alpha value is -2.50. The quantitative estimate of drug-likeness (QED) is 0.575. The van der Waals surface area contributed by atoms with Gasteiger partial charge in [-0.3, -0.25) is 9.53 Å². The molecule has 1 aliphatic rings. The molecule has 1 N–H and O–H groups in total. The van der Waals surface area contributed by atoms with Gasteiger partial charge in [-0.05, 0) is 24.1 Å². The predicted molar refractivity (Wildman–Crippen MR) is 103 cm³/mol. The zero-order chi connectivity index (χ0) is 22.6. The van der Waals surface area contributed by atoms with Gasteiger partial charge >= 0.3 is 6.36 Å². The molecule has 7 nitrogen and oxygen atoms in total. The second-order valence-electron chi connectivity index (χ2n) is 6.90. The Labute approximate surface area is 180 Å². The first-order valence-corrected chi connectivity index (χ1v) is 9.66. The highest BCUT2D eigenvalue weighted by Gasteiger charge is 2.40. The van der Waals surface area contributed by atoms with Crippen LogP contribution in [0.15, 0.2) is 31.1 Å². The van der Waals surface area contributed by atoms with Gasteiger partial charge in [-0.15, -0.1) is 18.3 Å². The topological polar surface area (TPSA) is 78.3 Å². The fraction of sp³-hybridized carbons (Fsp3) is 0.421. The van der Waals surface area contributed by atoms with Crippen molar-refractivity contribution in [2.45, 2.75) is 37.8 Å². The lowest BCUT2D eigenvalue weighted by molar-refractivity contribution is -0.357. The molecule has 0 atom stereocenters. The van der Waals surface area contributed by atoms with Crippen molar-refractivity contribution in [2.24, 2.45) is 0 Å². The summed E-state index contributed by atoms with van der Waals surface area (Å²) in [7, 11) is 0. The van der Waals surface area contributed by atoms with E-state index in [-0.39, 0.29) is 31.0 Å². The first-order chi connectivity index (χ1) is 14.6. The second-order valence-corrected chi connectivity index (χ2v) is 7.31. The van der Waals surface area contributed by atoms with Crippen molar-refractivity contribution in [2.75, 3.05) is 13.2 Å². The molecule has 0 radical (unpaired) electrons. The molecule has 1 heterocycles. The first-order valence-electron chi connectivity index (χ1n) is 9.29.